The second kappa shape index (κ2) is 17.7. The van der Waals surface area contributed by atoms with Crippen molar-refractivity contribution in [2.24, 2.45) is 0 Å². The Morgan fingerprint density at radius 2 is 1.58 bits per heavy atom. The fourth-order valence-electron chi connectivity index (χ4n) is 6.98. The van der Waals surface area contributed by atoms with Crippen molar-refractivity contribution in [1.29, 1.82) is 5.26 Å². The fourth-order valence-corrected chi connectivity index (χ4v) is 8.74. The maximum Gasteiger partial charge on any atom is 0.280 e. The van der Waals surface area contributed by atoms with E-state index in [4.69, 9.17) is 33.7 Å². The molecule has 1 unspecified atom stereocenters. The van der Waals surface area contributed by atoms with Crippen LogP contribution in [0.25, 0.3) is 11.2 Å². The van der Waals surface area contributed by atoms with Crippen molar-refractivity contribution in [3.05, 3.63) is 112 Å². The molecule has 0 saturated carbocycles. The monoisotopic (exact) mass is 769 g/mol. The minimum Gasteiger partial charge on any atom is -0.497 e. The molecule has 3 aromatic carbocycles. The lowest BCUT2D eigenvalue weighted by Crippen LogP contribution is -2.39. The van der Waals surface area contributed by atoms with Crippen LogP contribution in [0.3, 0.4) is 0 Å². The molecule has 3 N–H and O–H groups in total. The van der Waals surface area contributed by atoms with Crippen molar-refractivity contribution in [1.82, 2.24) is 24.2 Å². The number of nitrogens with one attached hydrogen (secondary N) is 1. The zero-order valence-electron chi connectivity index (χ0n) is 31.9. The zero-order chi connectivity index (χ0) is 39.1. The molecule has 0 spiro atoms. The average Bonchev–Trinajstić information content (AvgIpc) is 3.79. The van der Waals surface area contributed by atoms with Crippen LogP contribution < -0.4 is 20.8 Å². The number of methoxy groups -OCH3 is 2. The van der Waals surface area contributed by atoms with Gasteiger partial charge in [-0.15, -0.1) is 0 Å². The summed E-state index contributed by atoms with van der Waals surface area (Å²) >= 11 is 0. The number of nitrogen functional groups attached to an aromatic ring is 1. The third kappa shape index (κ3) is 8.53. The Balaban J connectivity index is 1.44. The lowest BCUT2D eigenvalue weighted by molar-refractivity contribution is -0.0912. The van der Waals surface area contributed by atoms with Gasteiger partial charge in [-0.25, -0.2) is 9.65 Å². The third-order valence-electron chi connectivity index (χ3n) is 9.47. The Labute approximate surface area is 322 Å². The molecule has 5 aromatic rings. The molecule has 0 aliphatic carbocycles. The molecule has 0 bridgehead atoms. The second-order valence-electron chi connectivity index (χ2n) is 13.6. The minimum absolute atomic E-state index is 0.0320. The highest BCUT2D eigenvalue weighted by atomic mass is 31.2. The number of anilines is 1. The Morgan fingerprint density at radius 3 is 2.15 bits per heavy atom. The number of rotatable bonds is 17. The van der Waals surface area contributed by atoms with Crippen molar-refractivity contribution in [3.63, 3.8) is 0 Å². The molecule has 0 radical (unpaired) electrons. The predicted molar refractivity (Wildman–Crippen MR) is 209 cm³/mol. The summed E-state index contributed by atoms with van der Waals surface area (Å²) in [6.07, 6.45) is 0.243. The first kappa shape index (κ1) is 39.8. The molecule has 2 aromatic heterocycles. The van der Waals surface area contributed by atoms with Crippen LogP contribution >= 0.6 is 8.53 Å². The van der Waals surface area contributed by atoms with E-state index in [1.165, 1.54) is 6.33 Å². The van der Waals surface area contributed by atoms with Gasteiger partial charge in [-0.2, -0.15) is 10.2 Å². The Hall–Kier alpha value is -4.87. The van der Waals surface area contributed by atoms with E-state index in [2.05, 4.69) is 53.4 Å². The van der Waals surface area contributed by atoms with Crippen LogP contribution in [0.5, 0.6) is 11.5 Å². The number of aromatic nitrogens is 4. The largest absolute Gasteiger partial charge is 0.497 e. The summed E-state index contributed by atoms with van der Waals surface area (Å²) in [5.41, 5.74) is 7.46. The van der Waals surface area contributed by atoms with Gasteiger partial charge in [0.2, 0.25) is 5.95 Å². The Kier molecular flexibility index (Phi) is 12.8. The van der Waals surface area contributed by atoms with Gasteiger partial charge in [0.1, 0.15) is 29.4 Å². The number of imidazole rings is 1. The van der Waals surface area contributed by atoms with E-state index in [9.17, 15) is 10.1 Å². The van der Waals surface area contributed by atoms with E-state index in [-0.39, 0.29) is 43.2 Å². The summed E-state index contributed by atoms with van der Waals surface area (Å²) in [6.45, 7) is 8.63. The maximum absolute atomic E-state index is 12.7. The van der Waals surface area contributed by atoms with Crippen LogP contribution in [0.1, 0.15) is 63.5 Å². The third-order valence-corrected chi connectivity index (χ3v) is 11.6. The van der Waals surface area contributed by atoms with Gasteiger partial charge in [-0.05, 0) is 68.7 Å². The van der Waals surface area contributed by atoms with E-state index in [1.54, 1.807) is 18.8 Å². The van der Waals surface area contributed by atoms with E-state index in [0.29, 0.717) is 23.6 Å². The van der Waals surface area contributed by atoms with Gasteiger partial charge < -0.3 is 33.7 Å². The van der Waals surface area contributed by atoms with Crippen molar-refractivity contribution in [2.45, 2.75) is 76.7 Å². The minimum atomic E-state index is -1.65. The quantitative estimate of drug-likeness (QED) is 0.0585. The molecule has 1 fully saturated rings. The molecule has 290 valence electrons. The average molecular weight is 770 g/mol. The van der Waals surface area contributed by atoms with Crippen LogP contribution in [0, 0.1) is 11.3 Å². The first-order valence-electron chi connectivity index (χ1n) is 18.2. The number of H-pyrrole nitrogens is 1. The van der Waals surface area contributed by atoms with E-state index in [0.717, 1.165) is 16.7 Å². The Bertz CT molecular complexity index is 2050. The maximum atomic E-state index is 12.7. The molecule has 0 amide bonds. The molecular formula is C40H48N7O7P. The smallest absolute Gasteiger partial charge is 0.280 e. The van der Waals surface area contributed by atoms with Gasteiger partial charge in [0, 0.05) is 18.5 Å². The van der Waals surface area contributed by atoms with Crippen LogP contribution in [0.15, 0.2) is 90.0 Å². The summed E-state index contributed by atoms with van der Waals surface area (Å²) in [4.78, 5) is 24.0. The molecule has 55 heavy (non-hydrogen) atoms. The number of hydrogen-bond acceptors (Lipinski definition) is 12. The number of fused-ring (bicyclic) bond motifs is 1. The fraction of sp³-hybridized carbons (Fsp3) is 0.400. The van der Waals surface area contributed by atoms with Crippen LogP contribution in [-0.4, -0.2) is 75.9 Å². The molecule has 15 heteroatoms. The molecule has 6 rings (SSSR count). The highest BCUT2D eigenvalue weighted by Crippen LogP contribution is 2.51. The normalized spacial score (nSPS) is 17.9. The first-order valence-corrected chi connectivity index (χ1v) is 19.3. The summed E-state index contributed by atoms with van der Waals surface area (Å²) in [6, 6.07) is 28.0. The number of benzene rings is 3. The molecule has 3 heterocycles. The van der Waals surface area contributed by atoms with Gasteiger partial charge in [0.05, 0.1) is 52.4 Å². The van der Waals surface area contributed by atoms with E-state index < -0.39 is 38.1 Å². The number of nitrogens with zero attached hydrogens (tertiary/aromatic N) is 5. The SMILES string of the molecule is COc1ccc(C(OC[C@H]2O[C@H](n3cnc4c(=O)[nH]c(N)nc43)C[C@@H]2OP(OCCC#N)N(C(C)C)C(C)C)(c2ccccc2)c2ccc(OC)cc2)cc1. The zero-order valence-corrected chi connectivity index (χ0v) is 32.8. The number of aromatic amines is 1. The number of nitriles is 1. The summed E-state index contributed by atoms with van der Waals surface area (Å²) in [5, 5.41) is 9.34. The summed E-state index contributed by atoms with van der Waals surface area (Å²) in [5.74, 6) is 1.39. The van der Waals surface area contributed by atoms with Crippen LogP contribution in [0.4, 0.5) is 5.95 Å². The highest BCUT2D eigenvalue weighted by molar-refractivity contribution is 7.44. The highest BCUT2D eigenvalue weighted by Gasteiger charge is 2.45. The van der Waals surface area contributed by atoms with Crippen molar-refractivity contribution < 1.29 is 28.0 Å². The number of hydrogen-bond donors (Lipinski definition) is 2. The molecule has 14 nitrogen and oxygen atoms in total. The number of ether oxygens (including phenoxy) is 4. The van der Waals surface area contributed by atoms with E-state index in [1.807, 2.05) is 78.9 Å². The standard InChI is InChI=1S/C40H48N7O7P/c1-26(2)47(27(3)4)55(52-22-10-21-41)54-33-23-35(46-25-43-36-37(46)44-39(42)45-38(36)48)53-34(33)24-51-40(28-11-8-7-9-12-28,29-13-17-31(49-5)18-14-29)30-15-19-32(50-6)20-16-30/h7-9,11-20,25-27,33-35H,10,22-24H2,1-6H3,(H3,42,44,45,48)/t33-,34+,35-,55?/m0/s1. The second-order valence-corrected chi connectivity index (χ2v) is 15.1. The first-order chi connectivity index (χ1) is 26.6. The topological polar surface area (TPSA) is 172 Å². The van der Waals surface area contributed by atoms with Gasteiger partial charge in [0.15, 0.2) is 11.2 Å². The van der Waals surface area contributed by atoms with Gasteiger partial charge >= 0.3 is 0 Å². The predicted octanol–water partition coefficient (Wildman–Crippen LogP) is 6.68. The summed E-state index contributed by atoms with van der Waals surface area (Å²) < 4.78 is 42.3. The van der Waals surface area contributed by atoms with Gasteiger partial charge in [-0.3, -0.25) is 14.3 Å². The lowest BCUT2D eigenvalue weighted by atomic mass is 9.80. The lowest BCUT2D eigenvalue weighted by Gasteiger charge is -2.39. The molecule has 1 saturated heterocycles. The Morgan fingerprint density at radius 1 is 0.982 bits per heavy atom. The van der Waals surface area contributed by atoms with Crippen molar-refractivity contribution in [2.75, 3.05) is 33.2 Å². The van der Waals surface area contributed by atoms with Crippen molar-refractivity contribution in [3.8, 4) is 17.6 Å². The summed E-state index contributed by atoms with van der Waals surface area (Å²) in [7, 11) is 1.62. The van der Waals surface area contributed by atoms with Gasteiger partial charge in [0.25, 0.3) is 14.1 Å². The molecule has 4 atom stereocenters. The van der Waals surface area contributed by atoms with Crippen molar-refractivity contribution >= 4 is 25.6 Å². The molecule has 1 aliphatic rings. The molecule has 1 aliphatic heterocycles. The van der Waals surface area contributed by atoms with E-state index >= 15 is 0 Å². The van der Waals surface area contributed by atoms with Crippen LogP contribution in [0.2, 0.25) is 0 Å². The number of nitrogens with two attached hydrogens (primary N) is 1. The van der Waals surface area contributed by atoms with Crippen LogP contribution in [-0.2, 0) is 24.1 Å². The molecular weight excluding hydrogens is 721 g/mol. The van der Waals surface area contributed by atoms with Gasteiger partial charge in [-0.1, -0.05) is 54.6 Å².